The van der Waals surface area contributed by atoms with Crippen molar-refractivity contribution in [1.29, 1.82) is 0 Å². The Morgan fingerprint density at radius 3 is 2.48 bits per heavy atom. The third-order valence-corrected chi connectivity index (χ3v) is 10.4. The van der Waals surface area contributed by atoms with Crippen LogP contribution in [0.4, 0.5) is 19.0 Å². The average Bonchev–Trinajstić information content (AvgIpc) is 3.54. The molecule has 3 aliphatic rings. The number of aryl methyl sites for hydroxylation is 1. The predicted octanol–water partition coefficient (Wildman–Crippen LogP) is 6.49. The minimum Gasteiger partial charge on any atom is -0.481 e. The number of aromatic amines is 1. The summed E-state index contributed by atoms with van der Waals surface area (Å²) in [6.07, 6.45) is 3.57. The zero-order chi connectivity index (χ0) is 33.8. The maximum absolute atomic E-state index is 13.9. The van der Waals surface area contributed by atoms with Gasteiger partial charge in [-0.2, -0.15) is 18.3 Å². The SMILES string of the molecule is C=CC(=O)N1CC2(CCN(c3nc(C4CCN(C)CC4)nc4c(OCC(F)(F)F)c(-c5c(C)ccc6[nH]ncc56)c(C=C)cc34)CC2)C1. The number of halogens is 3. The van der Waals surface area contributed by atoms with Gasteiger partial charge < -0.3 is 19.4 Å². The van der Waals surface area contributed by atoms with Crippen molar-refractivity contribution < 1.29 is 22.7 Å². The van der Waals surface area contributed by atoms with Gasteiger partial charge in [-0.25, -0.2) is 9.97 Å². The molecule has 0 unspecified atom stereocenters. The first kappa shape index (κ1) is 32.1. The van der Waals surface area contributed by atoms with Gasteiger partial charge >= 0.3 is 6.18 Å². The number of likely N-dealkylation sites (tertiary alicyclic amines) is 2. The van der Waals surface area contributed by atoms with Crippen LogP contribution in [-0.2, 0) is 4.79 Å². The highest BCUT2D eigenvalue weighted by Gasteiger charge is 2.46. The number of hydrogen-bond donors (Lipinski definition) is 1. The zero-order valence-corrected chi connectivity index (χ0v) is 27.4. The van der Waals surface area contributed by atoms with E-state index in [0.717, 1.165) is 60.8 Å². The number of amides is 1. The first-order valence-corrected chi connectivity index (χ1v) is 16.5. The Bertz CT molecular complexity index is 1900. The zero-order valence-electron chi connectivity index (χ0n) is 27.4. The van der Waals surface area contributed by atoms with E-state index in [4.69, 9.17) is 14.7 Å². The van der Waals surface area contributed by atoms with Crippen molar-refractivity contribution in [3.05, 3.63) is 60.6 Å². The summed E-state index contributed by atoms with van der Waals surface area (Å²) in [5, 5.41) is 8.61. The molecule has 252 valence electrons. The fourth-order valence-corrected chi connectivity index (χ4v) is 7.68. The first-order valence-electron chi connectivity index (χ1n) is 16.5. The molecule has 7 rings (SSSR count). The average molecular weight is 660 g/mol. The number of H-pyrrole nitrogens is 1. The second-order valence-electron chi connectivity index (χ2n) is 13.6. The minimum absolute atomic E-state index is 0.0480. The lowest BCUT2D eigenvalue weighted by molar-refractivity contribution is -0.153. The van der Waals surface area contributed by atoms with E-state index >= 15 is 0 Å². The minimum atomic E-state index is -4.57. The standard InChI is InChI=1S/C36H40F3N7O2/c1-5-23-17-25-31(32(48-21-36(37,38)39)30(23)29-22(3)7-8-27-26(29)18-40-43-27)41-33(24-9-13-44(4)14-10-24)42-34(25)45-15-11-35(12-16-45)19-46(20-35)28(47)6-2/h5-8,17-18,24H,1-2,9-16,19-21H2,3-4H3,(H,40,43). The third-order valence-electron chi connectivity index (χ3n) is 10.4. The quantitative estimate of drug-likeness (QED) is 0.227. The molecule has 9 nitrogen and oxygen atoms in total. The molecule has 2 aromatic heterocycles. The molecule has 2 aromatic carbocycles. The van der Waals surface area contributed by atoms with Crippen LogP contribution in [0.25, 0.3) is 39.0 Å². The van der Waals surface area contributed by atoms with Crippen LogP contribution in [0.15, 0.2) is 43.6 Å². The second kappa shape index (κ2) is 12.2. The van der Waals surface area contributed by atoms with Crippen LogP contribution in [0.1, 0.15) is 48.6 Å². The number of nitrogens with one attached hydrogen (secondary N) is 1. The molecule has 48 heavy (non-hydrogen) atoms. The number of ether oxygens (including phenoxy) is 1. The maximum atomic E-state index is 13.9. The van der Waals surface area contributed by atoms with Gasteiger partial charge in [-0.1, -0.05) is 25.3 Å². The van der Waals surface area contributed by atoms with Gasteiger partial charge in [-0.3, -0.25) is 9.89 Å². The molecule has 0 aliphatic carbocycles. The van der Waals surface area contributed by atoms with Gasteiger partial charge in [0.15, 0.2) is 12.4 Å². The monoisotopic (exact) mass is 659 g/mol. The predicted molar refractivity (Wildman–Crippen MR) is 181 cm³/mol. The largest absolute Gasteiger partial charge is 0.481 e. The van der Waals surface area contributed by atoms with E-state index in [1.54, 1.807) is 12.3 Å². The molecular formula is C36H40F3N7O2. The molecular weight excluding hydrogens is 619 g/mol. The fourth-order valence-electron chi connectivity index (χ4n) is 7.68. The van der Waals surface area contributed by atoms with Gasteiger partial charge in [0, 0.05) is 53.8 Å². The summed E-state index contributed by atoms with van der Waals surface area (Å²) < 4.78 is 47.5. The number of carbonyl (C=O) groups is 1. The molecule has 0 atom stereocenters. The smallest absolute Gasteiger partial charge is 0.422 e. The summed E-state index contributed by atoms with van der Waals surface area (Å²) in [4.78, 5) is 28.8. The van der Waals surface area contributed by atoms with E-state index in [9.17, 15) is 18.0 Å². The number of hydrogen-bond acceptors (Lipinski definition) is 7. The van der Waals surface area contributed by atoms with E-state index < -0.39 is 12.8 Å². The van der Waals surface area contributed by atoms with Gasteiger partial charge in [0.1, 0.15) is 17.2 Å². The Morgan fingerprint density at radius 2 is 1.81 bits per heavy atom. The van der Waals surface area contributed by atoms with E-state index in [1.807, 2.05) is 30.0 Å². The number of aromatic nitrogens is 4. The number of carbonyl (C=O) groups excluding carboxylic acids is 1. The first-order chi connectivity index (χ1) is 23.0. The maximum Gasteiger partial charge on any atom is 0.422 e. The van der Waals surface area contributed by atoms with E-state index in [0.29, 0.717) is 59.9 Å². The topological polar surface area (TPSA) is 90.5 Å². The summed E-state index contributed by atoms with van der Waals surface area (Å²) in [7, 11) is 2.08. The van der Waals surface area contributed by atoms with Crippen molar-refractivity contribution in [3.8, 4) is 16.9 Å². The number of rotatable bonds is 7. The van der Waals surface area contributed by atoms with Crippen molar-refractivity contribution in [1.82, 2.24) is 30.0 Å². The molecule has 3 fully saturated rings. The molecule has 1 spiro atoms. The Morgan fingerprint density at radius 1 is 1.08 bits per heavy atom. The Labute approximate surface area is 277 Å². The molecule has 0 bridgehead atoms. The summed E-state index contributed by atoms with van der Waals surface area (Å²) in [5.74, 6) is 1.41. The van der Waals surface area contributed by atoms with Crippen LogP contribution in [0.5, 0.6) is 5.75 Å². The van der Waals surface area contributed by atoms with Crippen LogP contribution in [0.2, 0.25) is 0 Å². The summed E-state index contributed by atoms with van der Waals surface area (Å²) in [6.45, 7) is 12.7. The molecule has 1 N–H and O–H groups in total. The van der Waals surface area contributed by atoms with Crippen LogP contribution in [0, 0.1) is 12.3 Å². The van der Waals surface area contributed by atoms with Crippen LogP contribution >= 0.6 is 0 Å². The Kier molecular flexibility index (Phi) is 8.17. The lowest BCUT2D eigenvalue weighted by Crippen LogP contribution is -2.61. The summed E-state index contributed by atoms with van der Waals surface area (Å²) in [5.41, 5.74) is 3.89. The molecule has 12 heteroatoms. The lowest BCUT2D eigenvalue weighted by Gasteiger charge is -2.54. The number of anilines is 1. The van der Waals surface area contributed by atoms with Crippen molar-refractivity contribution in [2.75, 3.05) is 57.8 Å². The lowest BCUT2D eigenvalue weighted by atomic mass is 9.72. The van der Waals surface area contributed by atoms with Gasteiger partial charge in [-0.15, -0.1) is 0 Å². The molecule has 3 saturated heterocycles. The molecule has 0 saturated carbocycles. The molecule has 5 heterocycles. The summed E-state index contributed by atoms with van der Waals surface area (Å²) in [6, 6.07) is 5.77. The van der Waals surface area contributed by atoms with E-state index in [1.165, 1.54) is 6.08 Å². The second-order valence-corrected chi connectivity index (χ2v) is 13.6. The molecule has 1 amide bonds. The van der Waals surface area contributed by atoms with Crippen LogP contribution in [-0.4, -0.2) is 95.0 Å². The number of fused-ring (bicyclic) bond motifs is 2. The van der Waals surface area contributed by atoms with Crippen molar-refractivity contribution in [2.45, 2.75) is 44.7 Å². The van der Waals surface area contributed by atoms with E-state index in [2.05, 4.69) is 40.2 Å². The number of alkyl halides is 3. The van der Waals surface area contributed by atoms with Crippen molar-refractivity contribution in [3.63, 3.8) is 0 Å². The molecule has 4 aromatic rings. The summed E-state index contributed by atoms with van der Waals surface area (Å²) >= 11 is 0. The highest BCUT2D eigenvalue weighted by atomic mass is 19.4. The molecule has 3 aliphatic heterocycles. The van der Waals surface area contributed by atoms with Crippen LogP contribution in [0.3, 0.4) is 0 Å². The number of piperidine rings is 2. The van der Waals surface area contributed by atoms with Gasteiger partial charge in [-0.05, 0) is 87.6 Å². The van der Waals surface area contributed by atoms with Gasteiger partial charge in [0.25, 0.3) is 0 Å². The van der Waals surface area contributed by atoms with Crippen LogP contribution < -0.4 is 9.64 Å². The number of benzene rings is 2. The normalized spacial score (nSPS) is 18.8. The number of nitrogens with zero attached hydrogens (tertiary/aromatic N) is 6. The van der Waals surface area contributed by atoms with Crippen molar-refractivity contribution >= 4 is 39.6 Å². The van der Waals surface area contributed by atoms with Crippen molar-refractivity contribution in [2.24, 2.45) is 5.41 Å². The third kappa shape index (κ3) is 5.80. The van der Waals surface area contributed by atoms with E-state index in [-0.39, 0.29) is 23.0 Å². The Balaban J connectivity index is 1.40. The highest BCUT2D eigenvalue weighted by Crippen LogP contribution is 2.48. The molecule has 0 radical (unpaired) electrons. The van der Waals surface area contributed by atoms with Gasteiger partial charge in [0.05, 0.1) is 11.7 Å². The highest BCUT2D eigenvalue weighted by molar-refractivity contribution is 6.07. The Hall–Kier alpha value is -4.45. The van der Waals surface area contributed by atoms with Gasteiger partial charge in [0.2, 0.25) is 5.91 Å². The fraction of sp³-hybridized carbons (Fsp3) is 0.444.